The van der Waals surface area contributed by atoms with Gasteiger partial charge in [0, 0.05) is 15.8 Å². The molecular weight excluding hydrogens is 378 g/mol. The fraction of sp³-hybridized carbons (Fsp3) is 0.389. The summed E-state index contributed by atoms with van der Waals surface area (Å²) in [4.78, 5) is 8.21. The van der Waals surface area contributed by atoms with E-state index in [1.165, 1.54) is 0 Å². The summed E-state index contributed by atoms with van der Waals surface area (Å²) in [5.41, 5.74) is 1.99. The predicted octanol–water partition coefficient (Wildman–Crippen LogP) is 5.60. The topological polar surface area (TPSA) is 37.9 Å². The van der Waals surface area contributed by atoms with E-state index in [2.05, 4.69) is 43.8 Å². The second-order valence-corrected chi connectivity index (χ2v) is 7.33. The molecule has 1 heterocycles. The standard InChI is InChI=1S/C18H17BrF2N2O/c19-13-4-5-14-11(8-13)3-6-15-16(14)23-17(22-15)12-2-1-10(7-12)9-24-18(20)21/h3-6,8,10,12,18H,1-2,7,9H2,(H,22,23)/t10-,12+/m1/s1. The molecule has 0 aliphatic heterocycles. The number of imidazole rings is 1. The van der Waals surface area contributed by atoms with Gasteiger partial charge in [0.1, 0.15) is 5.82 Å². The molecular formula is C18H17BrF2N2O. The van der Waals surface area contributed by atoms with Crippen LogP contribution in [0, 0.1) is 5.92 Å². The van der Waals surface area contributed by atoms with Gasteiger partial charge in [0.05, 0.1) is 17.6 Å². The largest absolute Gasteiger partial charge is 0.345 e. The molecule has 0 spiro atoms. The summed E-state index contributed by atoms with van der Waals surface area (Å²) in [5, 5.41) is 2.30. The third-order valence-corrected chi connectivity index (χ3v) is 5.33. The van der Waals surface area contributed by atoms with Crippen molar-refractivity contribution < 1.29 is 13.5 Å². The molecule has 0 radical (unpaired) electrons. The van der Waals surface area contributed by atoms with Crippen molar-refractivity contribution in [1.82, 2.24) is 9.97 Å². The zero-order valence-corrected chi connectivity index (χ0v) is 14.5. The molecule has 0 saturated heterocycles. The Balaban J connectivity index is 1.60. The highest BCUT2D eigenvalue weighted by Gasteiger charge is 2.29. The van der Waals surface area contributed by atoms with Crippen LogP contribution in [0.15, 0.2) is 34.8 Å². The zero-order chi connectivity index (χ0) is 16.7. The van der Waals surface area contributed by atoms with Gasteiger partial charge in [-0.25, -0.2) is 4.98 Å². The van der Waals surface area contributed by atoms with E-state index in [4.69, 9.17) is 4.98 Å². The monoisotopic (exact) mass is 394 g/mol. The number of ether oxygens (including phenoxy) is 1. The van der Waals surface area contributed by atoms with Crippen molar-refractivity contribution >= 4 is 37.7 Å². The van der Waals surface area contributed by atoms with Crippen LogP contribution >= 0.6 is 15.9 Å². The number of halogens is 3. The fourth-order valence-corrected chi connectivity index (χ4v) is 4.06. The van der Waals surface area contributed by atoms with Gasteiger partial charge in [0.25, 0.3) is 0 Å². The first-order valence-electron chi connectivity index (χ1n) is 8.08. The molecule has 0 unspecified atom stereocenters. The maximum atomic E-state index is 12.2. The summed E-state index contributed by atoms with van der Waals surface area (Å²) in [7, 11) is 0. The van der Waals surface area contributed by atoms with Gasteiger partial charge in [-0.05, 0) is 48.8 Å². The van der Waals surface area contributed by atoms with Crippen LogP contribution < -0.4 is 0 Å². The fourth-order valence-electron chi connectivity index (χ4n) is 3.68. The average molecular weight is 395 g/mol. The molecule has 0 bridgehead atoms. The molecule has 1 fully saturated rings. The first kappa shape index (κ1) is 16.0. The van der Waals surface area contributed by atoms with E-state index in [1.54, 1.807) is 0 Å². The highest BCUT2D eigenvalue weighted by atomic mass is 79.9. The van der Waals surface area contributed by atoms with Crippen LogP contribution in [0.1, 0.15) is 31.0 Å². The number of hydrogen-bond donors (Lipinski definition) is 1. The van der Waals surface area contributed by atoms with Crippen LogP contribution in [0.5, 0.6) is 0 Å². The van der Waals surface area contributed by atoms with Crippen LogP contribution in [0.25, 0.3) is 21.8 Å². The van der Waals surface area contributed by atoms with Gasteiger partial charge in [-0.2, -0.15) is 8.78 Å². The van der Waals surface area contributed by atoms with Crippen LogP contribution in [-0.2, 0) is 4.74 Å². The SMILES string of the molecule is FC(F)OC[C@@H]1CC[C@H](c2nc3ccc4cc(Br)ccc4c3[nH]2)C1. The molecule has 0 amide bonds. The molecule has 1 aromatic heterocycles. The number of aromatic nitrogens is 2. The predicted molar refractivity (Wildman–Crippen MR) is 93.3 cm³/mol. The Bertz CT molecular complexity index is 880. The number of H-pyrrole nitrogens is 1. The molecule has 3 aromatic rings. The third-order valence-electron chi connectivity index (χ3n) is 4.84. The van der Waals surface area contributed by atoms with E-state index in [9.17, 15) is 8.78 Å². The molecule has 1 N–H and O–H groups in total. The first-order valence-corrected chi connectivity index (χ1v) is 8.87. The minimum Gasteiger partial charge on any atom is -0.341 e. The lowest BCUT2D eigenvalue weighted by molar-refractivity contribution is -0.137. The molecule has 126 valence electrons. The number of rotatable bonds is 4. The quantitative estimate of drug-likeness (QED) is 0.624. The van der Waals surface area contributed by atoms with E-state index >= 15 is 0 Å². The maximum Gasteiger partial charge on any atom is 0.345 e. The van der Waals surface area contributed by atoms with Crippen LogP contribution in [0.4, 0.5) is 8.78 Å². The highest BCUT2D eigenvalue weighted by Crippen LogP contribution is 2.38. The number of alkyl halides is 2. The number of benzene rings is 2. The Hall–Kier alpha value is -1.53. The zero-order valence-electron chi connectivity index (χ0n) is 12.9. The van der Waals surface area contributed by atoms with Crippen molar-refractivity contribution in [2.75, 3.05) is 6.61 Å². The molecule has 6 heteroatoms. The Labute approximate surface area is 146 Å². The Morgan fingerprint density at radius 2 is 2.12 bits per heavy atom. The Morgan fingerprint density at radius 3 is 2.96 bits per heavy atom. The molecule has 24 heavy (non-hydrogen) atoms. The van der Waals surface area contributed by atoms with E-state index < -0.39 is 6.61 Å². The van der Waals surface area contributed by atoms with E-state index in [-0.39, 0.29) is 18.4 Å². The lowest BCUT2D eigenvalue weighted by atomic mass is 10.1. The van der Waals surface area contributed by atoms with E-state index in [0.717, 1.165) is 51.4 Å². The molecule has 1 aliphatic rings. The van der Waals surface area contributed by atoms with Crippen molar-refractivity contribution in [1.29, 1.82) is 0 Å². The van der Waals surface area contributed by atoms with Crippen LogP contribution in [0.2, 0.25) is 0 Å². The first-order chi connectivity index (χ1) is 11.6. The summed E-state index contributed by atoms with van der Waals surface area (Å²) in [5.74, 6) is 1.43. The number of aromatic amines is 1. The molecule has 3 nitrogen and oxygen atoms in total. The highest BCUT2D eigenvalue weighted by molar-refractivity contribution is 9.10. The van der Waals surface area contributed by atoms with Gasteiger partial charge in [0.2, 0.25) is 0 Å². The Kier molecular flexibility index (Phi) is 4.26. The molecule has 4 rings (SSSR count). The second kappa shape index (κ2) is 6.41. The normalized spacial score (nSPS) is 21.3. The van der Waals surface area contributed by atoms with Gasteiger partial charge in [0.15, 0.2) is 0 Å². The molecule has 1 aliphatic carbocycles. The number of hydrogen-bond acceptors (Lipinski definition) is 2. The maximum absolute atomic E-state index is 12.2. The lowest BCUT2D eigenvalue weighted by Gasteiger charge is -2.10. The number of nitrogens with zero attached hydrogens (tertiary/aromatic N) is 1. The van der Waals surface area contributed by atoms with Crippen molar-refractivity contribution in [2.45, 2.75) is 31.8 Å². The van der Waals surface area contributed by atoms with E-state index in [0.29, 0.717) is 0 Å². The second-order valence-electron chi connectivity index (χ2n) is 6.42. The Morgan fingerprint density at radius 1 is 1.25 bits per heavy atom. The summed E-state index contributed by atoms with van der Waals surface area (Å²) >= 11 is 3.50. The van der Waals surface area contributed by atoms with Crippen LogP contribution in [-0.4, -0.2) is 23.2 Å². The third kappa shape index (κ3) is 3.05. The summed E-state index contributed by atoms with van der Waals surface area (Å²) < 4.78 is 29.9. The minimum absolute atomic E-state index is 0.130. The van der Waals surface area contributed by atoms with Gasteiger partial charge in [-0.1, -0.05) is 28.1 Å². The van der Waals surface area contributed by atoms with Gasteiger partial charge >= 0.3 is 6.61 Å². The average Bonchev–Trinajstić information content (AvgIpc) is 3.19. The number of nitrogens with one attached hydrogen (secondary N) is 1. The van der Waals surface area contributed by atoms with E-state index in [1.807, 2.05) is 12.1 Å². The van der Waals surface area contributed by atoms with Crippen molar-refractivity contribution in [2.24, 2.45) is 5.92 Å². The molecule has 2 aromatic carbocycles. The molecule has 1 saturated carbocycles. The lowest BCUT2D eigenvalue weighted by Crippen LogP contribution is -2.09. The smallest absolute Gasteiger partial charge is 0.341 e. The van der Waals surface area contributed by atoms with Gasteiger partial charge < -0.3 is 9.72 Å². The number of fused-ring (bicyclic) bond motifs is 3. The summed E-state index contributed by atoms with van der Waals surface area (Å²) in [6.45, 7) is -2.55. The van der Waals surface area contributed by atoms with Crippen LogP contribution in [0.3, 0.4) is 0 Å². The summed E-state index contributed by atoms with van der Waals surface area (Å²) in [6.07, 6.45) is 2.71. The van der Waals surface area contributed by atoms with Crippen molar-refractivity contribution in [3.8, 4) is 0 Å². The van der Waals surface area contributed by atoms with Gasteiger partial charge in [-0.15, -0.1) is 0 Å². The van der Waals surface area contributed by atoms with Crippen molar-refractivity contribution in [3.05, 3.63) is 40.6 Å². The molecule has 2 atom stereocenters. The summed E-state index contributed by atoms with van der Waals surface area (Å²) in [6, 6.07) is 10.3. The van der Waals surface area contributed by atoms with Gasteiger partial charge in [-0.3, -0.25) is 0 Å². The minimum atomic E-state index is -2.68. The van der Waals surface area contributed by atoms with Crippen molar-refractivity contribution in [3.63, 3.8) is 0 Å².